The lowest BCUT2D eigenvalue weighted by Gasteiger charge is -2.19. The molecule has 0 heterocycles. The Morgan fingerprint density at radius 3 is 2.50 bits per heavy atom. The van der Waals surface area contributed by atoms with Crippen LogP contribution < -0.4 is 10.5 Å². The van der Waals surface area contributed by atoms with Gasteiger partial charge in [0.2, 0.25) is 0 Å². The summed E-state index contributed by atoms with van der Waals surface area (Å²) in [7, 11) is 0. The molecule has 0 aliphatic heterocycles. The monoisotopic (exact) mass is 245 g/mol. The molecule has 2 N–H and O–H groups in total. The Balaban J connectivity index is 2.18. The molecule has 0 radical (unpaired) electrons. The van der Waals surface area contributed by atoms with Gasteiger partial charge in [-0.3, -0.25) is 0 Å². The molecule has 2 rings (SSSR count). The van der Waals surface area contributed by atoms with Crippen molar-refractivity contribution in [2.75, 3.05) is 6.54 Å². The highest BCUT2D eigenvalue weighted by atomic mass is 19.1. The van der Waals surface area contributed by atoms with Crippen LogP contribution in [-0.2, 0) is 0 Å². The maximum atomic E-state index is 13.2. The maximum Gasteiger partial charge on any atom is 0.125 e. The highest BCUT2D eigenvalue weighted by Gasteiger charge is 2.13. The molecule has 0 fully saturated rings. The van der Waals surface area contributed by atoms with Crippen LogP contribution in [0.5, 0.6) is 5.75 Å². The van der Waals surface area contributed by atoms with Crippen molar-refractivity contribution >= 4 is 0 Å². The number of ether oxygens (including phenoxy) is 1. The molecule has 2 aromatic carbocycles. The molecule has 0 aliphatic rings. The van der Waals surface area contributed by atoms with Crippen molar-refractivity contribution in [3.8, 4) is 5.75 Å². The van der Waals surface area contributed by atoms with Crippen molar-refractivity contribution in [3.63, 3.8) is 0 Å². The van der Waals surface area contributed by atoms with E-state index in [-0.39, 0.29) is 11.9 Å². The summed E-state index contributed by atoms with van der Waals surface area (Å²) in [6.45, 7) is 0.494. The lowest BCUT2D eigenvalue weighted by molar-refractivity contribution is 0.197. The van der Waals surface area contributed by atoms with Gasteiger partial charge in [-0.1, -0.05) is 30.3 Å². The lowest BCUT2D eigenvalue weighted by Crippen LogP contribution is -2.13. The molecule has 0 amide bonds. The molecule has 2 aromatic rings. The minimum atomic E-state index is -0.258. The van der Waals surface area contributed by atoms with E-state index in [0.29, 0.717) is 13.0 Å². The van der Waals surface area contributed by atoms with Crippen LogP contribution in [0.4, 0.5) is 4.39 Å². The molecular formula is C15H16FNO. The van der Waals surface area contributed by atoms with Crippen molar-refractivity contribution in [2.45, 2.75) is 12.5 Å². The first-order valence-electron chi connectivity index (χ1n) is 5.97. The van der Waals surface area contributed by atoms with Gasteiger partial charge < -0.3 is 10.5 Å². The van der Waals surface area contributed by atoms with Crippen molar-refractivity contribution in [1.29, 1.82) is 0 Å². The van der Waals surface area contributed by atoms with E-state index in [1.807, 2.05) is 36.4 Å². The van der Waals surface area contributed by atoms with Crippen LogP contribution in [0.1, 0.15) is 18.1 Å². The molecule has 0 aromatic heterocycles. The van der Waals surface area contributed by atoms with E-state index in [4.69, 9.17) is 10.5 Å². The Labute approximate surface area is 106 Å². The lowest BCUT2D eigenvalue weighted by atomic mass is 10.1. The van der Waals surface area contributed by atoms with Gasteiger partial charge in [-0.2, -0.15) is 0 Å². The molecule has 1 unspecified atom stereocenters. The van der Waals surface area contributed by atoms with E-state index in [9.17, 15) is 4.39 Å². The molecule has 0 aliphatic carbocycles. The van der Waals surface area contributed by atoms with Crippen molar-refractivity contribution < 1.29 is 9.13 Å². The average molecular weight is 245 g/mol. The van der Waals surface area contributed by atoms with Crippen molar-refractivity contribution in [3.05, 3.63) is 66.0 Å². The summed E-state index contributed by atoms with van der Waals surface area (Å²) in [6, 6.07) is 15.9. The van der Waals surface area contributed by atoms with Gasteiger partial charge in [-0.25, -0.2) is 4.39 Å². The largest absolute Gasteiger partial charge is 0.486 e. The summed E-state index contributed by atoms with van der Waals surface area (Å²) in [5.41, 5.74) is 6.39. The summed E-state index contributed by atoms with van der Waals surface area (Å²) < 4.78 is 19.1. The van der Waals surface area contributed by atoms with E-state index >= 15 is 0 Å². The topological polar surface area (TPSA) is 35.2 Å². The number of rotatable bonds is 5. The molecule has 18 heavy (non-hydrogen) atoms. The molecule has 0 bridgehead atoms. The minimum Gasteiger partial charge on any atom is -0.486 e. The van der Waals surface area contributed by atoms with Gasteiger partial charge in [0.15, 0.2) is 0 Å². The van der Waals surface area contributed by atoms with E-state index in [2.05, 4.69) is 0 Å². The molecule has 3 heteroatoms. The number of nitrogens with two attached hydrogens (primary N) is 1. The Morgan fingerprint density at radius 1 is 1.06 bits per heavy atom. The van der Waals surface area contributed by atoms with Gasteiger partial charge in [0.05, 0.1) is 0 Å². The van der Waals surface area contributed by atoms with Crippen molar-refractivity contribution in [1.82, 2.24) is 0 Å². The molecule has 94 valence electrons. The van der Waals surface area contributed by atoms with E-state index in [0.717, 1.165) is 11.3 Å². The first-order valence-corrected chi connectivity index (χ1v) is 5.97. The third-order valence-corrected chi connectivity index (χ3v) is 2.67. The second-order valence-corrected chi connectivity index (χ2v) is 4.05. The fourth-order valence-electron chi connectivity index (χ4n) is 1.82. The van der Waals surface area contributed by atoms with Gasteiger partial charge in [-0.05, 0) is 36.4 Å². The van der Waals surface area contributed by atoms with Crippen LogP contribution in [0, 0.1) is 5.82 Å². The summed E-state index contributed by atoms with van der Waals surface area (Å²) in [5, 5.41) is 0. The number of hydrogen-bond donors (Lipinski definition) is 1. The molecule has 0 saturated heterocycles. The SMILES string of the molecule is NCCC(Oc1ccccc1)c1cccc(F)c1. The van der Waals surface area contributed by atoms with Crippen LogP contribution in [0.3, 0.4) is 0 Å². The van der Waals surface area contributed by atoms with E-state index in [1.54, 1.807) is 6.07 Å². The average Bonchev–Trinajstić information content (AvgIpc) is 2.39. The zero-order valence-corrected chi connectivity index (χ0v) is 10.1. The normalized spacial score (nSPS) is 12.1. The summed E-state index contributed by atoms with van der Waals surface area (Å²) in [4.78, 5) is 0. The predicted octanol–water partition coefficient (Wildman–Crippen LogP) is 3.29. The Bertz CT molecular complexity index is 487. The Morgan fingerprint density at radius 2 is 1.83 bits per heavy atom. The van der Waals surface area contributed by atoms with Gasteiger partial charge in [-0.15, -0.1) is 0 Å². The number of hydrogen-bond acceptors (Lipinski definition) is 2. The van der Waals surface area contributed by atoms with Gasteiger partial charge in [0, 0.05) is 6.42 Å². The van der Waals surface area contributed by atoms with Crippen LogP contribution in [-0.4, -0.2) is 6.54 Å². The molecule has 1 atom stereocenters. The van der Waals surface area contributed by atoms with Crippen LogP contribution in [0.15, 0.2) is 54.6 Å². The fraction of sp³-hybridized carbons (Fsp3) is 0.200. The standard InChI is InChI=1S/C15H16FNO/c16-13-6-4-5-12(11-13)15(9-10-17)18-14-7-2-1-3-8-14/h1-8,11,15H,9-10,17H2. The summed E-state index contributed by atoms with van der Waals surface area (Å²) in [5.74, 6) is 0.506. The molecule has 0 spiro atoms. The molecular weight excluding hydrogens is 229 g/mol. The quantitative estimate of drug-likeness (QED) is 0.877. The molecule has 0 saturated carbocycles. The first-order chi connectivity index (χ1) is 8.79. The first kappa shape index (κ1) is 12.6. The molecule has 2 nitrogen and oxygen atoms in total. The highest BCUT2D eigenvalue weighted by Crippen LogP contribution is 2.24. The third-order valence-electron chi connectivity index (χ3n) is 2.67. The second-order valence-electron chi connectivity index (χ2n) is 4.05. The number of para-hydroxylation sites is 1. The Hall–Kier alpha value is -1.87. The smallest absolute Gasteiger partial charge is 0.125 e. The number of halogens is 1. The zero-order valence-electron chi connectivity index (χ0n) is 10.1. The second kappa shape index (κ2) is 6.17. The predicted molar refractivity (Wildman–Crippen MR) is 69.9 cm³/mol. The van der Waals surface area contributed by atoms with Crippen LogP contribution in [0.2, 0.25) is 0 Å². The van der Waals surface area contributed by atoms with Gasteiger partial charge >= 0.3 is 0 Å². The minimum absolute atomic E-state index is 0.215. The third kappa shape index (κ3) is 3.31. The highest BCUT2D eigenvalue weighted by molar-refractivity contribution is 5.24. The fourth-order valence-corrected chi connectivity index (χ4v) is 1.82. The van der Waals surface area contributed by atoms with Gasteiger partial charge in [0.1, 0.15) is 17.7 Å². The van der Waals surface area contributed by atoms with Crippen molar-refractivity contribution in [2.24, 2.45) is 5.73 Å². The summed E-state index contributed by atoms with van der Waals surface area (Å²) in [6.07, 6.45) is 0.436. The van der Waals surface area contributed by atoms with E-state index in [1.165, 1.54) is 12.1 Å². The Kier molecular flexibility index (Phi) is 4.31. The maximum absolute atomic E-state index is 13.2. The van der Waals surface area contributed by atoms with Crippen LogP contribution in [0.25, 0.3) is 0 Å². The van der Waals surface area contributed by atoms with Gasteiger partial charge in [0.25, 0.3) is 0 Å². The summed E-state index contributed by atoms with van der Waals surface area (Å²) >= 11 is 0. The zero-order chi connectivity index (χ0) is 12.8. The number of benzene rings is 2. The van der Waals surface area contributed by atoms with Crippen LogP contribution >= 0.6 is 0 Å². The van der Waals surface area contributed by atoms with E-state index < -0.39 is 0 Å².